The maximum Gasteiger partial charge on any atom is 0.407 e. The third-order valence-electron chi connectivity index (χ3n) is 7.28. The van der Waals surface area contributed by atoms with Crippen LogP contribution in [0.2, 0.25) is 0 Å². The molecule has 0 saturated heterocycles. The summed E-state index contributed by atoms with van der Waals surface area (Å²) in [6.45, 7) is 10.3. The zero-order chi connectivity index (χ0) is 31.8. The van der Waals surface area contributed by atoms with Crippen molar-refractivity contribution in [2.45, 2.75) is 77.7 Å². The Kier molecular flexibility index (Phi) is 15.1. The normalized spacial score (nSPS) is 13.1. The number of alkyl carbamates (subject to hydrolysis) is 1. The maximum atomic E-state index is 13.2. The lowest BCUT2D eigenvalue weighted by molar-refractivity contribution is -0.147. The number of benzene rings is 2. The number of nitrogens with one attached hydrogen (secondary N) is 2. The Hall–Kier alpha value is -3.04. The molecule has 3 rings (SSSR count). The Morgan fingerprint density at radius 3 is 2.20 bits per heavy atom. The van der Waals surface area contributed by atoms with Crippen molar-refractivity contribution in [1.82, 2.24) is 10.6 Å². The molecule has 44 heavy (non-hydrogen) atoms. The van der Waals surface area contributed by atoms with Crippen LogP contribution in [-0.2, 0) is 23.8 Å². The van der Waals surface area contributed by atoms with E-state index < -0.39 is 17.6 Å². The lowest BCUT2D eigenvalue weighted by Gasteiger charge is -2.20. The fourth-order valence-corrected chi connectivity index (χ4v) is 6.00. The van der Waals surface area contributed by atoms with Crippen LogP contribution in [0.25, 0.3) is 11.1 Å². The lowest BCUT2D eigenvalue weighted by atomic mass is 9.96. The summed E-state index contributed by atoms with van der Waals surface area (Å²) >= 11 is 1.78. The third-order valence-corrected chi connectivity index (χ3v) is 8.35. The molecule has 8 nitrogen and oxygen atoms in total. The molecule has 1 aliphatic rings. The summed E-state index contributed by atoms with van der Waals surface area (Å²) in [5.41, 5.74) is 4.10. The first kappa shape index (κ1) is 35.4. The number of ether oxygens (including phenoxy) is 3. The molecular formula is C35H50N2O6S. The standard InChI is InChI=1S/C35H50N2O6S/c1-5-20-41-21-12-22-44-23-19-36-33(39)26(13-10-11-18-37-34(40)43-35(2,3)4)24-32(38)42-25-31-29-16-8-6-14-27(29)28-15-7-9-17-30(28)31/h6-9,14-17,26,31H,5,10-13,18-25H2,1-4H3,(H,36,39)(H,37,40). The van der Waals surface area contributed by atoms with Gasteiger partial charge in [0.1, 0.15) is 12.2 Å². The van der Waals surface area contributed by atoms with Gasteiger partial charge in [0.15, 0.2) is 0 Å². The van der Waals surface area contributed by atoms with Crippen molar-refractivity contribution in [2.75, 3.05) is 44.4 Å². The van der Waals surface area contributed by atoms with Crippen LogP contribution in [0.4, 0.5) is 4.79 Å². The molecule has 0 aliphatic heterocycles. The second-order valence-corrected chi connectivity index (χ2v) is 13.3. The molecule has 2 aromatic rings. The van der Waals surface area contributed by atoms with Gasteiger partial charge in [-0.15, -0.1) is 0 Å². The van der Waals surface area contributed by atoms with Crippen molar-refractivity contribution in [3.8, 4) is 11.1 Å². The van der Waals surface area contributed by atoms with E-state index in [2.05, 4.69) is 41.8 Å². The van der Waals surface area contributed by atoms with E-state index >= 15 is 0 Å². The molecular weight excluding hydrogens is 576 g/mol. The van der Waals surface area contributed by atoms with Gasteiger partial charge in [0.05, 0.1) is 6.42 Å². The number of fused-ring (bicyclic) bond motifs is 3. The Labute approximate surface area is 267 Å². The van der Waals surface area contributed by atoms with Crippen LogP contribution < -0.4 is 10.6 Å². The Bertz CT molecular complexity index is 1150. The van der Waals surface area contributed by atoms with E-state index in [1.807, 2.05) is 45.0 Å². The van der Waals surface area contributed by atoms with E-state index in [9.17, 15) is 14.4 Å². The predicted octanol–water partition coefficient (Wildman–Crippen LogP) is 6.71. The van der Waals surface area contributed by atoms with Crippen LogP contribution in [0.3, 0.4) is 0 Å². The van der Waals surface area contributed by atoms with E-state index in [1.165, 1.54) is 11.1 Å². The molecule has 0 radical (unpaired) electrons. The summed E-state index contributed by atoms with van der Waals surface area (Å²) in [4.78, 5) is 38.2. The highest BCUT2D eigenvalue weighted by Gasteiger charge is 2.30. The first-order valence-electron chi connectivity index (χ1n) is 15.9. The fourth-order valence-electron chi connectivity index (χ4n) is 5.22. The average molecular weight is 627 g/mol. The zero-order valence-corrected chi connectivity index (χ0v) is 27.6. The first-order valence-corrected chi connectivity index (χ1v) is 17.1. The van der Waals surface area contributed by atoms with Gasteiger partial charge in [0.2, 0.25) is 5.91 Å². The monoisotopic (exact) mass is 626 g/mol. The highest BCUT2D eigenvalue weighted by molar-refractivity contribution is 7.99. The van der Waals surface area contributed by atoms with Crippen LogP contribution in [0.5, 0.6) is 0 Å². The SMILES string of the molecule is CCCOCCCSCCNC(=O)C(CCCCNC(=O)OC(C)(C)C)CC(=O)OCC1c2ccccc2-c2ccccc21. The molecule has 2 amide bonds. The van der Waals surface area contributed by atoms with E-state index in [1.54, 1.807) is 11.8 Å². The molecule has 2 N–H and O–H groups in total. The van der Waals surface area contributed by atoms with Crippen LogP contribution in [0.1, 0.15) is 83.3 Å². The van der Waals surface area contributed by atoms with Crippen molar-refractivity contribution < 1.29 is 28.6 Å². The Morgan fingerprint density at radius 2 is 1.55 bits per heavy atom. The number of amides is 2. The molecule has 1 aliphatic carbocycles. The van der Waals surface area contributed by atoms with Crippen molar-refractivity contribution in [3.05, 3.63) is 59.7 Å². The number of hydrogen-bond donors (Lipinski definition) is 2. The van der Waals surface area contributed by atoms with Crippen molar-refractivity contribution in [1.29, 1.82) is 0 Å². The molecule has 0 bridgehead atoms. The molecule has 1 atom stereocenters. The van der Waals surface area contributed by atoms with Gasteiger partial charge in [-0.05, 0) is 74.5 Å². The number of carbonyl (C=O) groups excluding carboxylic acids is 3. The molecule has 2 aromatic carbocycles. The molecule has 0 heterocycles. The second kappa shape index (κ2) is 18.7. The Balaban J connectivity index is 1.49. The third kappa shape index (κ3) is 12.2. The van der Waals surface area contributed by atoms with E-state index in [0.717, 1.165) is 48.7 Å². The molecule has 9 heteroatoms. The average Bonchev–Trinajstić information content (AvgIpc) is 3.31. The number of esters is 1. The van der Waals surface area contributed by atoms with Crippen molar-refractivity contribution in [3.63, 3.8) is 0 Å². The van der Waals surface area contributed by atoms with Crippen LogP contribution in [0.15, 0.2) is 48.5 Å². The van der Waals surface area contributed by atoms with E-state index in [-0.39, 0.29) is 30.8 Å². The quantitative estimate of drug-likeness (QED) is 0.132. The molecule has 1 unspecified atom stereocenters. The fraction of sp³-hybridized carbons (Fsp3) is 0.571. The summed E-state index contributed by atoms with van der Waals surface area (Å²) < 4.78 is 16.6. The summed E-state index contributed by atoms with van der Waals surface area (Å²) in [7, 11) is 0. The van der Waals surface area contributed by atoms with Gasteiger partial charge in [-0.25, -0.2) is 4.79 Å². The second-order valence-electron chi connectivity index (χ2n) is 12.1. The minimum Gasteiger partial charge on any atom is -0.465 e. The number of hydrogen-bond acceptors (Lipinski definition) is 7. The number of thioether (sulfide) groups is 1. The van der Waals surface area contributed by atoms with Gasteiger partial charge in [0.25, 0.3) is 0 Å². The first-order chi connectivity index (χ1) is 21.2. The summed E-state index contributed by atoms with van der Waals surface area (Å²) in [6, 6.07) is 16.5. The van der Waals surface area contributed by atoms with Gasteiger partial charge in [-0.2, -0.15) is 11.8 Å². The molecule has 0 saturated carbocycles. The molecule has 242 valence electrons. The smallest absolute Gasteiger partial charge is 0.407 e. The van der Waals surface area contributed by atoms with Gasteiger partial charge in [-0.3, -0.25) is 9.59 Å². The van der Waals surface area contributed by atoms with Gasteiger partial charge >= 0.3 is 12.1 Å². The highest BCUT2D eigenvalue weighted by atomic mass is 32.2. The van der Waals surface area contributed by atoms with Gasteiger partial charge in [-0.1, -0.05) is 61.9 Å². The van der Waals surface area contributed by atoms with E-state index in [0.29, 0.717) is 32.4 Å². The summed E-state index contributed by atoms with van der Waals surface area (Å²) in [5.74, 6) is 0.747. The number of rotatable bonds is 19. The zero-order valence-electron chi connectivity index (χ0n) is 26.8. The summed E-state index contributed by atoms with van der Waals surface area (Å²) in [6.07, 6.45) is 3.44. The molecule has 0 fully saturated rings. The van der Waals surface area contributed by atoms with Crippen molar-refractivity contribution in [2.24, 2.45) is 5.92 Å². The maximum absolute atomic E-state index is 13.2. The summed E-state index contributed by atoms with van der Waals surface area (Å²) in [5, 5.41) is 5.77. The van der Waals surface area contributed by atoms with Crippen LogP contribution >= 0.6 is 11.8 Å². The minimum absolute atomic E-state index is 0.0171. The van der Waals surface area contributed by atoms with Crippen LogP contribution in [0, 0.1) is 5.92 Å². The Morgan fingerprint density at radius 1 is 0.864 bits per heavy atom. The number of carbonyl (C=O) groups is 3. The lowest BCUT2D eigenvalue weighted by Crippen LogP contribution is -2.34. The topological polar surface area (TPSA) is 103 Å². The van der Waals surface area contributed by atoms with Gasteiger partial charge in [0, 0.05) is 43.9 Å². The highest BCUT2D eigenvalue weighted by Crippen LogP contribution is 2.44. The van der Waals surface area contributed by atoms with Crippen molar-refractivity contribution >= 4 is 29.7 Å². The van der Waals surface area contributed by atoms with Crippen LogP contribution in [-0.4, -0.2) is 68.0 Å². The largest absolute Gasteiger partial charge is 0.465 e. The van der Waals surface area contributed by atoms with E-state index in [4.69, 9.17) is 14.2 Å². The molecule has 0 aromatic heterocycles. The number of unbranched alkanes of at least 4 members (excludes halogenated alkanes) is 1. The predicted molar refractivity (Wildman–Crippen MR) is 177 cm³/mol. The minimum atomic E-state index is -0.558. The van der Waals surface area contributed by atoms with Gasteiger partial charge < -0.3 is 24.8 Å². The molecule has 0 spiro atoms.